The van der Waals surface area contributed by atoms with Crippen molar-refractivity contribution >= 4 is 32.3 Å². The number of piperidine rings is 1. The van der Waals surface area contributed by atoms with Gasteiger partial charge in [-0.1, -0.05) is 12.1 Å². The summed E-state index contributed by atoms with van der Waals surface area (Å²) in [6.07, 6.45) is 2.09. The first-order chi connectivity index (χ1) is 10.00. The van der Waals surface area contributed by atoms with E-state index in [-0.39, 0.29) is 17.7 Å². The quantitative estimate of drug-likeness (QED) is 0.601. The van der Waals surface area contributed by atoms with E-state index in [1.165, 1.54) is 0 Å². The lowest BCUT2D eigenvalue weighted by Gasteiger charge is -2.33. The molecule has 5 nitrogen and oxygen atoms in total. The van der Waals surface area contributed by atoms with E-state index in [0.29, 0.717) is 18.5 Å². The molecule has 0 radical (unpaired) electrons. The first-order valence-electron chi connectivity index (χ1n) is 7.05. The van der Waals surface area contributed by atoms with Crippen LogP contribution in [-0.2, 0) is 16.1 Å². The maximum atomic E-state index is 12.6. The molecule has 1 aliphatic carbocycles. The van der Waals surface area contributed by atoms with Crippen molar-refractivity contribution < 1.29 is 14.4 Å². The van der Waals surface area contributed by atoms with Gasteiger partial charge in [0.2, 0.25) is 11.8 Å². The average Bonchev–Trinajstić information content (AvgIpc) is 3.16. The van der Waals surface area contributed by atoms with E-state index in [9.17, 15) is 14.4 Å². The van der Waals surface area contributed by atoms with Crippen molar-refractivity contribution in [2.75, 3.05) is 0 Å². The number of carbonyl (C=O) groups excluding carboxylic acids is 3. The Morgan fingerprint density at radius 3 is 2.71 bits per heavy atom. The summed E-state index contributed by atoms with van der Waals surface area (Å²) in [4.78, 5) is 38.2. The summed E-state index contributed by atoms with van der Waals surface area (Å²) in [5.41, 5.74) is 1.21. The maximum Gasteiger partial charge on any atom is 0.255 e. The number of hydrogen-bond acceptors (Lipinski definition) is 3. The molecule has 1 aromatic carbocycles. The predicted octanol–water partition coefficient (Wildman–Crippen LogP) is 0.338. The molecule has 1 N–H and O–H groups in total. The van der Waals surface area contributed by atoms with Gasteiger partial charge in [-0.05, 0) is 36.2 Å². The minimum absolute atomic E-state index is 0.111. The lowest BCUT2D eigenvalue weighted by molar-refractivity contribution is -0.141. The number of fused-ring (bicyclic) bond motifs is 1. The van der Waals surface area contributed by atoms with Crippen molar-refractivity contribution in [1.82, 2.24) is 10.2 Å². The van der Waals surface area contributed by atoms with Crippen LogP contribution in [0.1, 0.15) is 35.2 Å². The number of rotatable bonds is 1. The Kier molecular flexibility index (Phi) is 2.55. The Labute approximate surface area is 124 Å². The highest BCUT2D eigenvalue weighted by Gasteiger charge is 2.57. The van der Waals surface area contributed by atoms with Crippen molar-refractivity contribution in [3.8, 4) is 0 Å². The molecule has 4 rings (SSSR count). The van der Waals surface area contributed by atoms with Crippen molar-refractivity contribution in [3.63, 3.8) is 0 Å². The van der Waals surface area contributed by atoms with Gasteiger partial charge in [-0.25, -0.2) is 0 Å². The fraction of sp³-hybridized carbons (Fsp3) is 0.400. The number of nitrogens with zero attached hydrogens (tertiary/aromatic N) is 1. The second kappa shape index (κ2) is 4.14. The van der Waals surface area contributed by atoms with Gasteiger partial charge in [-0.15, -0.1) is 9.24 Å². The largest absolute Gasteiger partial charge is 0.322 e. The molecular weight excluding hydrogens is 287 g/mol. The Morgan fingerprint density at radius 1 is 1.24 bits per heavy atom. The van der Waals surface area contributed by atoms with Crippen molar-refractivity contribution in [3.05, 3.63) is 29.3 Å². The van der Waals surface area contributed by atoms with E-state index in [1.807, 2.05) is 18.2 Å². The van der Waals surface area contributed by atoms with Crippen LogP contribution < -0.4 is 10.6 Å². The molecule has 3 amide bonds. The molecular formula is C15H15N2O3P. The summed E-state index contributed by atoms with van der Waals surface area (Å²) in [6, 6.07) is 5.17. The van der Waals surface area contributed by atoms with E-state index < -0.39 is 11.5 Å². The van der Waals surface area contributed by atoms with Crippen LogP contribution in [0.2, 0.25) is 0 Å². The number of imide groups is 1. The number of amides is 3. The van der Waals surface area contributed by atoms with E-state index in [0.717, 1.165) is 23.7 Å². The minimum Gasteiger partial charge on any atom is -0.322 e. The smallest absolute Gasteiger partial charge is 0.255 e. The second-order valence-corrected chi connectivity index (χ2v) is 6.83. The Hall–Kier alpha value is -1.74. The third kappa shape index (κ3) is 1.84. The van der Waals surface area contributed by atoms with Crippen LogP contribution in [0.25, 0.3) is 0 Å². The maximum absolute atomic E-state index is 12.6. The van der Waals surface area contributed by atoms with Crippen LogP contribution in [0, 0.1) is 5.41 Å². The first kappa shape index (κ1) is 13.0. The molecule has 2 aliphatic heterocycles. The monoisotopic (exact) mass is 302 g/mol. The summed E-state index contributed by atoms with van der Waals surface area (Å²) in [7, 11) is 2.58. The zero-order valence-corrected chi connectivity index (χ0v) is 12.5. The molecule has 108 valence electrons. The average molecular weight is 302 g/mol. The van der Waals surface area contributed by atoms with Gasteiger partial charge in [0.05, 0.1) is 5.41 Å². The van der Waals surface area contributed by atoms with Crippen molar-refractivity contribution in [2.45, 2.75) is 31.8 Å². The summed E-state index contributed by atoms with van der Waals surface area (Å²) >= 11 is 0. The van der Waals surface area contributed by atoms with Crippen LogP contribution in [0.15, 0.2) is 18.2 Å². The number of benzene rings is 1. The van der Waals surface area contributed by atoms with Crippen molar-refractivity contribution in [1.29, 1.82) is 0 Å². The highest BCUT2D eigenvalue weighted by Crippen LogP contribution is 2.52. The van der Waals surface area contributed by atoms with E-state index >= 15 is 0 Å². The van der Waals surface area contributed by atoms with Gasteiger partial charge in [0.15, 0.2) is 0 Å². The fourth-order valence-corrected chi connectivity index (χ4v) is 3.57. The van der Waals surface area contributed by atoms with Crippen molar-refractivity contribution in [2.24, 2.45) is 5.41 Å². The second-order valence-electron chi connectivity index (χ2n) is 6.17. The lowest BCUT2D eigenvalue weighted by atomic mass is 9.90. The molecule has 3 aliphatic rings. The van der Waals surface area contributed by atoms with Gasteiger partial charge >= 0.3 is 0 Å². The third-order valence-corrected chi connectivity index (χ3v) is 5.16. The van der Waals surface area contributed by atoms with Gasteiger partial charge in [0.25, 0.3) is 5.91 Å². The molecule has 2 unspecified atom stereocenters. The predicted molar refractivity (Wildman–Crippen MR) is 78.9 cm³/mol. The minimum atomic E-state index is -0.530. The highest BCUT2D eigenvalue weighted by molar-refractivity contribution is 7.27. The first-order valence-corrected chi connectivity index (χ1v) is 7.63. The number of hydrogen-bond donors (Lipinski definition) is 1. The zero-order valence-electron chi connectivity index (χ0n) is 11.4. The van der Waals surface area contributed by atoms with E-state index in [4.69, 9.17) is 0 Å². The third-order valence-electron chi connectivity index (χ3n) is 4.80. The van der Waals surface area contributed by atoms with Gasteiger partial charge in [-0.3, -0.25) is 19.7 Å². The number of nitrogens with one attached hydrogen (secondary N) is 1. The zero-order chi connectivity index (χ0) is 14.8. The van der Waals surface area contributed by atoms with Gasteiger partial charge in [0, 0.05) is 12.1 Å². The van der Waals surface area contributed by atoms with Gasteiger partial charge in [0.1, 0.15) is 6.04 Å². The van der Waals surface area contributed by atoms with Gasteiger partial charge in [-0.2, -0.15) is 0 Å². The fourth-order valence-electron chi connectivity index (χ4n) is 3.31. The van der Waals surface area contributed by atoms with Crippen LogP contribution in [-0.4, -0.2) is 28.7 Å². The van der Waals surface area contributed by atoms with Crippen LogP contribution in [0.4, 0.5) is 0 Å². The molecule has 0 aromatic heterocycles. The molecule has 1 saturated heterocycles. The van der Waals surface area contributed by atoms with Crippen LogP contribution in [0.3, 0.4) is 0 Å². The molecule has 0 bridgehead atoms. The van der Waals surface area contributed by atoms with Gasteiger partial charge < -0.3 is 4.90 Å². The molecule has 1 spiro atoms. The molecule has 2 fully saturated rings. The summed E-state index contributed by atoms with van der Waals surface area (Å²) in [5.74, 6) is -0.621. The molecule has 1 aromatic rings. The molecule has 2 heterocycles. The SMILES string of the molecule is O=C1NC(=O)C2(CC2)CC1N1Cc2ccc(P)cc2C1=O. The number of carbonyl (C=O) groups is 3. The van der Waals surface area contributed by atoms with Crippen LogP contribution in [0.5, 0.6) is 0 Å². The molecule has 6 heteroatoms. The topological polar surface area (TPSA) is 66.5 Å². The molecule has 1 saturated carbocycles. The molecule has 2 atom stereocenters. The summed E-state index contributed by atoms with van der Waals surface area (Å²) < 4.78 is 0. The van der Waals surface area contributed by atoms with E-state index in [1.54, 1.807) is 4.90 Å². The lowest BCUT2D eigenvalue weighted by Crippen LogP contribution is -2.56. The van der Waals surface area contributed by atoms with E-state index in [2.05, 4.69) is 14.6 Å². The molecule has 21 heavy (non-hydrogen) atoms. The Balaban J connectivity index is 1.65. The van der Waals surface area contributed by atoms with Crippen LogP contribution >= 0.6 is 9.24 Å². The Morgan fingerprint density at radius 2 is 2.00 bits per heavy atom. The summed E-state index contributed by atoms with van der Waals surface area (Å²) in [5, 5.41) is 3.39. The normalized spacial score (nSPS) is 26.0. The standard InChI is InChI=1S/C15H15N2O3P/c18-12-11(6-15(3-4-15)14(20)16-12)17-7-8-1-2-9(21)5-10(8)13(17)19/h1-2,5,11H,3-4,6-7,21H2,(H,16,18,20). The highest BCUT2D eigenvalue weighted by atomic mass is 31.0. The Bertz CT molecular complexity index is 696. The summed E-state index contributed by atoms with van der Waals surface area (Å²) in [6.45, 7) is 0.446.